The number of esters is 4. The number of cyclic esters (lactones) is 4. The summed E-state index contributed by atoms with van der Waals surface area (Å²) in [6.07, 6.45) is 0. The van der Waals surface area contributed by atoms with Gasteiger partial charge in [-0.1, -0.05) is 0 Å². The minimum atomic E-state index is -0.629. The van der Waals surface area contributed by atoms with Gasteiger partial charge in [-0.25, -0.2) is 9.59 Å². The molecule has 2 atom stereocenters. The first-order valence-electron chi connectivity index (χ1n) is 5.52. The van der Waals surface area contributed by atoms with E-state index in [0.29, 0.717) is 0 Å². The highest BCUT2D eigenvalue weighted by atomic mass is 16.6. The third-order valence-electron chi connectivity index (χ3n) is 3.33. The molecule has 0 aromatic rings. The molecule has 0 unspecified atom stereocenters. The van der Waals surface area contributed by atoms with E-state index in [1.165, 1.54) is 0 Å². The standard InChI is InChI=1S/C10H10N2O6/c13-7-3-11-1-5-9(15)17-8(14)4-12(5)2-6(11)10(16)18-7/h5-6H,1-4H2/t5-,6+. The molecule has 96 valence electrons. The fraction of sp³-hybridized carbons (Fsp3) is 0.600. The van der Waals surface area contributed by atoms with Crippen LogP contribution in [-0.2, 0) is 28.7 Å². The molecular weight excluding hydrogens is 244 g/mol. The smallest absolute Gasteiger partial charge is 0.332 e. The molecule has 0 radical (unpaired) electrons. The van der Waals surface area contributed by atoms with E-state index in [4.69, 9.17) is 0 Å². The van der Waals surface area contributed by atoms with Gasteiger partial charge < -0.3 is 9.47 Å². The Bertz CT molecular complexity index is 419. The van der Waals surface area contributed by atoms with Crippen LogP contribution in [0.3, 0.4) is 0 Å². The number of fused-ring (bicyclic) bond motifs is 2. The van der Waals surface area contributed by atoms with E-state index in [1.807, 2.05) is 0 Å². The molecule has 8 nitrogen and oxygen atoms in total. The lowest BCUT2D eigenvalue weighted by Crippen LogP contribution is -2.68. The van der Waals surface area contributed by atoms with Crippen molar-refractivity contribution in [3.63, 3.8) is 0 Å². The van der Waals surface area contributed by atoms with E-state index in [2.05, 4.69) is 9.47 Å². The van der Waals surface area contributed by atoms with E-state index in [-0.39, 0.29) is 26.2 Å². The van der Waals surface area contributed by atoms with Crippen molar-refractivity contribution in [1.82, 2.24) is 9.80 Å². The van der Waals surface area contributed by atoms with Gasteiger partial charge in [0.05, 0.1) is 13.1 Å². The van der Waals surface area contributed by atoms with Crippen molar-refractivity contribution >= 4 is 23.9 Å². The molecule has 8 heteroatoms. The number of ether oxygens (including phenoxy) is 2. The molecule has 3 aliphatic rings. The highest BCUT2D eigenvalue weighted by molar-refractivity contribution is 5.95. The molecular formula is C10H10N2O6. The second-order valence-corrected chi connectivity index (χ2v) is 4.48. The first-order chi connectivity index (χ1) is 8.54. The highest BCUT2D eigenvalue weighted by Crippen LogP contribution is 2.22. The Labute approximate surface area is 101 Å². The van der Waals surface area contributed by atoms with Gasteiger partial charge in [0, 0.05) is 13.1 Å². The zero-order chi connectivity index (χ0) is 12.9. The molecule has 0 bridgehead atoms. The van der Waals surface area contributed by atoms with Crippen molar-refractivity contribution in [3.05, 3.63) is 0 Å². The topological polar surface area (TPSA) is 93.2 Å². The molecule has 0 saturated carbocycles. The number of carbonyl (C=O) groups excluding carboxylic acids is 4. The average molecular weight is 254 g/mol. The van der Waals surface area contributed by atoms with Crippen molar-refractivity contribution in [1.29, 1.82) is 0 Å². The lowest BCUT2D eigenvalue weighted by molar-refractivity contribution is -0.187. The van der Waals surface area contributed by atoms with Crippen LogP contribution in [-0.4, -0.2) is 71.9 Å². The SMILES string of the molecule is O=C1CN2C[C@H]3C(=O)OC(=O)CN3C[C@@H]2C(=O)O1. The maximum absolute atomic E-state index is 11.6. The van der Waals surface area contributed by atoms with E-state index >= 15 is 0 Å². The molecule has 0 aliphatic carbocycles. The molecule has 0 aromatic carbocycles. The normalized spacial score (nSPS) is 33.6. The van der Waals surface area contributed by atoms with Gasteiger partial charge in [-0.05, 0) is 0 Å². The number of morpholine rings is 2. The summed E-state index contributed by atoms with van der Waals surface area (Å²) in [7, 11) is 0. The summed E-state index contributed by atoms with van der Waals surface area (Å²) in [4.78, 5) is 48.6. The van der Waals surface area contributed by atoms with Gasteiger partial charge in [-0.3, -0.25) is 19.4 Å². The fourth-order valence-corrected chi connectivity index (χ4v) is 2.48. The maximum atomic E-state index is 11.6. The predicted molar refractivity (Wildman–Crippen MR) is 52.9 cm³/mol. The number of carbonyl (C=O) groups is 4. The van der Waals surface area contributed by atoms with Crippen LogP contribution in [0.25, 0.3) is 0 Å². The van der Waals surface area contributed by atoms with Crippen molar-refractivity contribution in [2.45, 2.75) is 12.1 Å². The van der Waals surface area contributed by atoms with Crippen molar-refractivity contribution in [2.24, 2.45) is 0 Å². The summed E-state index contributed by atoms with van der Waals surface area (Å²) in [5, 5.41) is 0. The number of rotatable bonds is 0. The number of piperazine rings is 1. The minimum Gasteiger partial charge on any atom is -0.391 e. The van der Waals surface area contributed by atoms with Gasteiger partial charge in [-0.2, -0.15) is 0 Å². The Balaban J connectivity index is 1.83. The van der Waals surface area contributed by atoms with Crippen molar-refractivity contribution in [2.75, 3.05) is 26.2 Å². The molecule has 0 N–H and O–H groups in total. The molecule has 3 aliphatic heterocycles. The second kappa shape index (κ2) is 3.85. The van der Waals surface area contributed by atoms with Crippen LogP contribution >= 0.6 is 0 Å². The molecule has 0 aromatic heterocycles. The molecule has 3 saturated heterocycles. The summed E-state index contributed by atoms with van der Waals surface area (Å²) >= 11 is 0. The van der Waals surface area contributed by atoms with E-state index in [0.717, 1.165) is 0 Å². The van der Waals surface area contributed by atoms with Gasteiger partial charge in [0.25, 0.3) is 0 Å². The Kier molecular flexibility index (Phi) is 2.42. The third kappa shape index (κ3) is 1.70. The lowest BCUT2D eigenvalue weighted by atomic mass is 10.0. The van der Waals surface area contributed by atoms with Crippen LogP contribution in [0.1, 0.15) is 0 Å². The number of nitrogens with zero attached hydrogens (tertiary/aromatic N) is 2. The Morgan fingerprint density at radius 2 is 1.17 bits per heavy atom. The lowest BCUT2D eigenvalue weighted by Gasteiger charge is -2.45. The minimum absolute atomic E-state index is 0.0258. The van der Waals surface area contributed by atoms with Gasteiger partial charge in [0.2, 0.25) is 0 Å². The molecule has 3 fully saturated rings. The van der Waals surface area contributed by atoms with Crippen molar-refractivity contribution in [3.8, 4) is 0 Å². The van der Waals surface area contributed by atoms with Crippen molar-refractivity contribution < 1.29 is 28.7 Å². The summed E-state index contributed by atoms with van der Waals surface area (Å²) in [5.74, 6) is -2.50. The highest BCUT2D eigenvalue weighted by Gasteiger charge is 2.48. The number of hydrogen-bond acceptors (Lipinski definition) is 8. The average Bonchev–Trinajstić information content (AvgIpc) is 2.27. The van der Waals surface area contributed by atoms with Crippen LogP contribution in [0.4, 0.5) is 0 Å². The molecule has 18 heavy (non-hydrogen) atoms. The largest absolute Gasteiger partial charge is 0.391 e. The summed E-state index contributed by atoms with van der Waals surface area (Å²) in [6, 6.07) is -1.20. The van der Waals surface area contributed by atoms with Crippen LogP contribution in [0.15, 0.2) is 0 Å². The monoisotopic (exact) mass is 254 g/mol. The van der Waals surface area contributed by atoms with Gasteiger partial charge >= 0.3 is 23.9 Å². The predicted octanol–water partition coefficient (Wildman–Crippen LogP) is -2.49. The Morgan fingerprint density at radius 1 is 0.778 bits per heavy atom. The molecule has 0 spiro atoms. The first kappa shape index (κ1) is 11.3. The summed E-state index contributed by atoms with van der Waals surface area (Å²) in [5.41, 5.74) is 0. The van der Waals surface area contributed by atoms with Crippen LogP contribution in [0.5, 0.6) is 0 Å². The quantitative estimate of drug-likeness (QED) is 0.346. The zero-order valence-electron chi connectivity index (χ0n) is 9.33. The van der Waals surface area contributed by atoms with Gasteiger partial charge in [-0.15, -0.1) is 0 Å². The molecule has 3 rings (SSSR count). The van der Waals surface area contributed by atoms with Gasteiger partial charge in [0.1, 0.15) is 12.1 Å². The van der Waals surface area contributed by atoms with Crippen LogP contribution in [0, 0.1) is 0 Å². The zero-order valence-corrected chi connectivity index (χ0v) is 9.33. The first-order valence-corrected chi connectivity index (χ1v) is 5.52. The summed E-state index contributed by atoms with van der Waals surface area (Å²) in [6.45, 7) is 0.333. The van der Waals surface area contributed by atoms with E-state index in [9.17, 15) is 19.2 Å². The summed E-state index contributed by atoms with van der Waals surface area (Å²) < 4.78 is 9.08. The Hall–Kier alpha value is -1.80. The molecule has 3 heterocycles. The van der Waals surface area contributed by atoms with Crippen LogP contribution < -0.4 is 0 Å². The maximum Gasteiger partial charge on any atom is 0.332 e. The molecule has 0 amide bonds. The van der Waals surface area contributed by atoms with Gasteiger partial charge in [0.15, 0.2) is 0 Å². The second-order valence-electron chi connectivity index (χ2n) is 4.48. The van der Waals surface area contributed by atoms with Crippen LogP contribution in [0.2, 0.25) is 0 Å². The van der Waals surface area contributed by atoms with E-state index in [1.54, 1.807) is 9.80 Å². The van der Waals surface area contributed by atoms with E-state index < -0.39 is 36.0 Å². The number of hydrogen-bond donors (Lipinski definition) is 0. The third-order valence-corrected chi connectivity index (χ3v) is 3.33. The fourth-order valence-electron chi connectivity index (χ4n) is 2.48. The Morgan fingerprint density at radius 3 is 1.56 bits per heavy atom.